The van der Waals surface area contributed by atoms with E-state index in [-0.39, 0.29) is 23.8 Å². The second kappa shape index (κ2) is 6.57. The first-order valence-corrected chi connectivity index (χ1v) is 7.61. The number of rotatable bonds is 6. The fourth-order valence-electron chi connectivity index (χ4n) is 2.09. The maximum absolute atomic E-state index is 13.2. The highest BCUT2D eigenvalue weighted by Gasteiger charge is 2.18. The van der Waals surface area contributed by atoms with Crippen molar-refractivity contribution in [2.45, 2.75) is 12.8 Å². The zero-order chi connectivity index (χ0) is 16.2. The topological polar surface area (TPSA) is 88.6 Å². The number of nitrogens with one attached hydrogen (secondary N) is 1. The molecule has 0 aliphatic heterocycles. The van der Waals surface area contributed by atoms with Gasteiger partial charge in [0.05, 0.1) is 11.3 Å². The lowest BCUT2D eigenvalue weighted by Crippen LogP contribution is -2.09. The maximum Gasteiger partial charge on any atom is 0.240 e. The highest BCUT2D eigenvalue weighted by molar-refractivity contribution is 7.12. The number of H-pyrrole nitrogens is 1. The molecule has 0 fully saturated rings. The summed E-state index contributed by atoms with van der Waals surface area (Å²) in [5.74, 6) is -1.17. The lowest BCUT2D eigenvalue weighted by Gasteiger charge is -1.98. The van der Waals surface area contributed by atoms with Gasteiger partial charge in [-0.05, 0) is 46.3 Å². The van der Waals surface area contributed by atoms with Gasteiger partial charge >= 0.3 is 0 Å². The molecule has 0 radical (unpaired) electrons. The van der Waals surface area contributed by atoms with Crippen LogP contribution in [0.3, 0.4) is 0 Å². The summed E-state index contributed by atoms with van der Waals surface area (Å²) in [5, 5.41) is 14.4. The largest absolute Gasteiger partial charge is 0.293 e. The number of hydrogen-bond acceptors (Lipinski definition) is 6. The third-order valence-electron chi connectivity index (χ3n) is 3.14. The molecule has 3 rings (SSSR count). The molecule has 0 spiro atoms. The van der Waals surface area contributed by atoms with Crippen LogP contribution in [0.5, 0.6) is 0 Å². The van der Waals surface area contributed by atoms with Crippen molar-refractivity contribution in [3.8, 4) is 0 Å². The van der Waals surface area contributed by atoms with Crippen molar-refractivity contribution in [3.05, 3.63) is 63.4 Å². The first kappa shape index (κ1) is 15.2. The number of halogens is 1. The van der Waals surface area contributed by atoms with Crippen LogP contribution in [0.15, 0.2) is 35.7 Å². The second-order valence-electron chi connectivity index (χ2n) is 4.88. The number of aromatic amines is 1. The van der Waals surface area contributed by atoms with Gasteiger partial charge in [-0.15, -0.1) is 21.5 Å². The Bertz CT molecular complexity index is 845. The highest BCUT2D eigenvalue weighted by atomic mass is 32.1. The van der Waals surface area contributed by atoms with E-state index < -0.39 is 5.78 Å². The normalized spacial score (nSPS) is 10.7. The molecule has 3 aromatic rings. The molecule has 0 bridgehead atoms. The Labute approximate surface area is 134 Å². The van der Waals surface area contributed by atoms with Crippen LogP contribution in [0.1, 0.15) is 37.8 Å². The Morgan fingerprint density at radius 1 is 1.17 bits per heavy atom. The van der Waals surface area contributed by atoms with Crippen LogP contribution in [0.4, 0.5) is 4.39 Å². The van der Waals surface area contributed by atoms with Gasteiger partial charge in [0.2, 0.25) is 11.6 Å². The Balaban J connectivity index is 1.66. The molecule has 0 aliphatic carbocycles. The summed E-state index contributed by atoms with van der Waals surface area (Å²) >= 11 is 1.26. The number of tetrazole rings is 1. The van der Waals surface area contributed by atoms with E-state index in [2.05, 4.69) is 20.6 Å². The predicted octanol–water partition coefficient (Wildman–Crippen LogP) is 2.45. The molecule has 0 atom stereocenters. The van der Waals surface area contributed by atoms with Gasteiger partial charge in [0.1, 0.15) is 5.82 Å². The summed E-state index contributed by atoms with van der Waals surface area (Å²) in [7, 11) is 0. The van der Waals surface area contributed by atoms with Crippen LogP contribution >= 0.6 is 11.3 Å². The lowest BCUT2D eigenvalue weighted by atomic mass is 10.1. The monoisotopic (exact) mass is 330 g/mol. The third kappa shape index (κ3) is 3.72. The van der Waals surface area contributed by atoms with Crippen molar-refractivity contribution in [2.75, 3.05) is 0 Å². The quantitative estimate of drug-likeness (QED) is 0.554. The highest BCUT2D eigenvalue weighted by Crippen LogP contribution is 2.20. The van der Waals surface area contributed by atoms with Crippen molar-refractivity contribution in [1.82, 2.24) is 20.6 Å². The zero-order valence-electron chi connectivity index (χ0n) is 11.8. The number of hydrogen-bond donors (Lipinski definition) is 1. The number of benzene rings is 1. The standard InChI is InChI=1S/C15H11FN4O2S/c16-11-3-1-2-9(5-11)4-10-6-14(23-8-10)12(21)7-13(22)15-17-19-20-18-15/h1-3,5-6,8H,4,7H2,(H,17,18,19,20). The average molecular weight is 330 g/mol. The van der Waals surface area contributed by atoms with E-state index in [1.165, 1.54) is 23.5 Å². The van der Waals surface area contributed by atoms with Crippen LogP contribution in [-0.4, -0.2) is 32.2 Å². The minimum atomic E-state index is -0.483. The lowest BCUT2D eigenvalue weighted by molar-refractivity contribution is 0.0890. The Morgan fingerprint density at radius 2 is 2.04 bits per heavy atom. The number of aromatic nitrogens is 4. The van der Waals surface area contributed by atoms with Crippen LogP contribution in [-0.2, 0) is 6.42 Å². The minimum Gasteiger partial charge on any atom is -0.293 e. The molecule has 1 N–H and O–H groups in total. The molecule has 2 heterocycles. The second-order valence-corrected chi connectivity index (χ2v) is 5.80. The van der Waals surface area contributed by atoms with Gasteiger partial charge in [-0.2, -0.15) is 5.21 Å². The number of ketones is 2. The molecule has 0 aliphatic rings. The van der Waals surface area contributed by atoms with Crippen molar-refractivity contribution >= 4 is 22.9 Å². The molecular formula is C15H11FN4O2S. The predicted molar refractivity (Wildman–Crippen MR) is 81.0 cm³/mol. The molecule has 6 nitrogen and oxygen atoms in total. The summed E-state index contributed by atoms with van der Waals surface area (Å²) in [6.07, 6.45) is 0.222. The van der Waals surface area contributed by atoms with Gasteiger partial charge in [0.25, 0.3) is 0 Å². The van der Waals surface area contributed by atoms with E-state index in [0.29, 0.717) is 11.3 Å². The van der Waals surface area contributed by atoms with E-state index in [1.807, 2.05) is 11.4 Å². The van der Waals surface area contributed by atoms with E-state index in [4.69, 9.17) is 0 Å². The van der Waals surface area contributed by atoms with Crippen molar-refractivity contribution in [3.63, 3.8) is 0 Å². The van der Waals surface area contributed by atoms with Gasteiger partial charge < -0.3 is 0 Å². The summed E-state index contributed by atoms with van der Waals surface area (Å²) in [4.78, 5) is 24.4. The van der Waals surface area contributed by atoms with Gasteiger partial charge in [-0.1, -0.05) is 12.1 Å². The zero-order valence-corrected chi connectivity index (χ0v) is 12.6. The first-order valence-electron chi connectivity index (χ1n) is 6.73. The number of carbonyl (C=O) groups excluding carboxylic acids is 2. The van der Waals surface area contributed by atoms with Crippen molar-refractivity contribution in [2.24, 2.45) is 0 Å². The molecule has 1 aromatic carbocycles. The third-order valence-corrected chi connectivity index (χ3v) is 4.16. The molecular weight excluding hydrogens is 319 g/mol. The van der Waals surface area contributed by atoms with Crippen LogP contribution < -0.4 is 0 Å². The van der Waals surface area contributed by atoms with Crippen LogP contribution in [0.2, 0.25) is 0 Å². The van der Waals surface area contributed by atoms with Crippen molar-refractivity contribution < 1.29 is 14.0 Å². The number of nitrogens with zero attached hydrogens (tertiary/aromatic N) is 3. The smallest absolute Gasteiger partial charge is 0.240 e. The Kier molecular flexibility index (Phi) is 4.33. The molecule has 0 unspecified atom stereocenters. The van der Waals surface area contributed by atoms with E-state index in [0.717, 1.165) is 11.1 Å². The summed E-state index contributed by atoms with van der Waals surface area (Å²) in [6, 6.07) is 8.03. The van der Waals surface area contributed by atoms with Crippen LogP contribution in [0.25, 0.3) is 0 Å². The maximum atomic E-state index is 13.2. The Hall–Kier alpha value is -2.74. The summed E-state index contributed by atoms with van der Waals surface area (Å²) in [5.41, 5.74) is 1.72. The number of Topliss-reactive ketones (excluding diaryl/α,β-unsaturated/α-hetero) is 2. The first-order chi connectivity index (χ1) is 11.1. The summed E-state index contributed by atoms with van der Waals surface area (Å²) < 4.78 is 13.2. The number of thiophene rings is 1. The molecule has 23 heavy (non-hydrogen) atoms. The van der Waals surface area contributed by atoms with Crippen LogP contribution in [0, 0.1) is 5.82 Å². The number of carbonyl (C=O) groups is 2. The fraction of sp³-hybridized carbons (Fsp3) is 0.133. The van der Waals surface area contributed by atoms with E-state index in [9.17, 15) is 14.0 Å². The fourth-order valence-corrected chi connectivity index (χ4v) is 2.94. The van der Waals surface area contributed by atoms with E-state index >= 15 is 0 Å². The van der Waals surface area contributed by atoms with Gasteiger partial charge in [-0.25, -0.2) is 4.39 Å². The minimum absolute atomic E-state index is 0.102. The molecule has 0 saturated heterocycles. The Morgan fingerprint density at radius 3 is 2.78 bits per heavy atom. The molecule has 0 saturated carbocycles. The molecule has 2 aromatic heterocycles. The molecule has 8 heteroatoms. The van der Waals surface area contributed by atoms with Crippen molar-refractivity contribution in [1.29, 1.82) is 0 Å². The average Bonchev–Trinajstić information content (AvgIpc) is 3.18. The molecule has 0 amide bonds. The van der Waals surface area contributed by atoms with Gasteiger partial charge in [-0.3, -0.25) is 9.59 Å². The SMILES string of the molecule is O=C(CC(=O)c1cc(Cc2cccc(F)c2)cs1)c1nn[nH]n1. The molecule has 116 valence electrons. The van der Waals surface area contributed by atoms with E-state index in [1.54, 1.807) is 12.1 Å². The summed E-state index contributed by atoms with van der Waals surface area (Å²) in [6.45, 7) is 0. The van der Waals surface area contributed by atoms with Gasteiger partial charge in [0, 0.05) is 0 Å². The van der Waals surface area contributed by atoms with Gasteiger partial charge in [0.15, 0.2) is 5.78 Å².